The van der Waals surface area contributed by atoms with E-state index in [4.69, 9.17) is 0 Å². The maximum Gasteiger partial charge on any atom is 0.260 e. The molecule has 0 aliphatic rings. The summed E-state index contributed by atoms with van der Waals surface area (Å²) in [7, 11) is 0. The molecular weight excluding hydrogens is 264 g/mol. The molecule has 5 nitrogen and oxygen atoms in total. The Morgan fingerprint density at radius 2 is 2.05 bits per heavy atom. The van der Waals surface area contributed by atoms with Gasteiger partial charge in [0.15, 0.2) is 0 Å². The Morgan fingerprint density at radius 1 is 1.24 bits per heavy atom. The summed E-state index contributed by atoms with van der Waals surface area (Å²) in [6, 6.07) is 5.60. The van der Waals surface area contributed by atoms with Gasteiger partial charge in [-0.05, 0) is 44.0 Å². The third kappa shape index (κ3) is 4.02. The molecule has 0 atom stereocenters. The molecule has 110 valence electrons. The molecule has 2 aromatic rings. The van der Waals surface area contributed by atoms with Crippen molar-refractivity contribution < 1.29 is 4.79 Å². The lowest BCUT2D eigenvalue weighted by Gasteiger charge is -2.12. The maximum absolute atomic E-state index is 12.4. The SMILES string of the molecule is CCCNc1cc(C)ncc1C(=O)Nc1cc(C)ccn1. The van der Waals surface area contributed by atoms with Crippen LogP contribution < -0.4 is 10.6 Å². The molecule has 0 bridgehead atoms. The normalized spacial score (nSPS) is 10.2. The minimum atomic E-state index is -0.209. The number of carbonyl (C=O) groups excluding carboxylic acids is 1. The Morgan fingerprint density at radius 3 is 2.76 bits per heavy atom. The van der Waals surface area contributed by atoms with E-state index in [1.165, 1.54) is 0 Å². The molecular formula is C16H20N4O. The van der Waals surface area contributed by atoms with E-state index in [0.717, 1.165) is 29.9 Å². The molecule has 0 saturated heterocycles. The molecule has 0 fully saturated rings. The zero-order valence-electron chi connectivity index (χ0n) is 12.6. The maximum atomic E-state index is 12.4. The first kappa shape index (κ1) is 15.0. The fourth-order valence-electron chi connectivity index (χ4n) is 1.93. The number of nitrogens with one attached hydrogen (secondary N) is 2. The van der Waals surface area contributed by atoms with Gasteiger partial charge in [-0.2, -0.15) is 0 Å². The minimum absolute atomic E-state index is 0.209. The fourth-order valence-corrected chi connectivity index (χ4v) is 1.93. The summed E-state index contributed by atoms with van der Waals surface area (Å²) in [5.41, 5.74) is 3.25. The predicted molar refractivity (Wildman–Crippen MR) is 84.7 cm³/mol. The molecule has 0 radical (unpaired) electrons. The van der Waals surface area contributed by atoms with Crippen LogP contribution in [0.2, 0.25) is 0 Å². The van der Waals surface area contributed by atoms with Crippen LogP contribution in [0.1, 0.15) is 35.0 Å². The highest BCUT2D eigenvalue weighted by Gasteiger charge is 2.13. The Hall–Kier alpha value is -2.43. The molecule has 5 heteroatoms. The van der Waals surface area contributed by atoms with Crippen LogP contribution in [0.25, 0.3) is 0 Å². The largest absolute Gasteiger partial charge is 0.384 e. The second-order valence-corrected chi connectivity index (χ2v) is 4.97. The third-order valence-electron chi connectivity index (χ3n) is 3.01. The van der Waals surface area contributed by atoms with Gasteiger partial charge in [0.05, 0.1) is 11.3 Å². The molecule has 2 aromatic heterocycles. The van der Waals surface area contributed by atoms with Gasteiger partial charge in [-0.25, -0.2) is 4.98 Å². The van der Waals surface area contributed by atoms with E-state index in [2.05, 4.69) is 27.5 Å². The Balaban J connectivity index is 2.22. The van der Waals surface area contributed by atoms with E-state index < -0.39 is 0 Å². The number of aromatic nitrogens is 2. The number of anilines is 2. The first-order valence-corrected chi connectivity index (χ1v) is 7.04. The van der Waals surface area contributed by atoms with Gasteiger partial charge in [-0.3, -0.25) is 9.78 Å². The van der Waals surface area contributed by atoms with E-state index >= 15 is 0 Å². The number of aryl methyl sites for hydroxylation is 2. The second kappa shape index (κ2) is 6.83. The van der Waals surface area contributed by atoms with Crippen molar-refractivity contribution in [3.63, 3.8) is 0 Å². The molecule has 0 aliphatic carbocycles. The summed E-state index contributed by atoms with van der Waals surface area (Å²) in [6.07, 6.45) is 4.26. The van der Waals surface area contributed by atoms with Crippen molar-refractivity contribution in [2.45, 2.75) is 27.2 Å². The molecule has 0 saturated carbocycles. The van der Waals surface area contributed by atoms with Gasteiger partial charge in [0.2, 0.25) is 0 Å². The summed E-state index contributed by atoms with van der Waals surface area (Å²) in [5, 5.41) is 6.07. The molecule has 2 heterocycles. The lowest BCUT2D eigenvalue weighted by atomic mass is 10.2. The van der Waals surface area contributed by atoms with E-state index in [0.29, 0.717) is 11.4 Å². The van der Waals surface area contributed by atoms with Crippen LogP contribution in [-0.4, -0.2) is 22.4 Å². The number of pyridine rings is 2. The van der Waals surface area contributed by atoms with E-state index in [1.807, 2.05) is 32.0 Å². The van der Waals surface area contributed by atoms with Crippen molar-refractivity contribution in [3.05, 3.63) is 47.4 Å². The van der Waals surface area contributed by atoms with Crippen molar-refractivity contribution >= 4 is 17.4 Å². The standard InChI is InChI=1S/C16H20N4O/c1-4-6-17-14-9-12(3)19-10-13(14)16(21)20-15-8-11(2)5-7-18-15/h5,7-10H,4,6H2,1-3H3,(H,17,19)(H,18,20,21). The summed E-state index contributed by atoms with van der Waals surface area (Å²) >= 11 is 0. The van der Waals surface area contributed by atoms with Crippen molar-refractivity contribution in [2.24, 2.45) is 0 Å². The van der Waals surface area contributed by atoms with Crippen LogP contribution in [0.4, 0.5) is 11.5 Å². The zero-order valence-corrected chi connectivity index (χ0v) is 12.6. The molecule has 0 aromatic carbocycles. The van der Waals surface area contributed by atoms with E-state index in [-0.39, 0.29) is 5.91 Å². The van der Waals surface area contributed by atoms with E-state index in [9.17, 15) is 4.79 Å². The number of rotatable bonds is 5. The van der Waals surface area contributed by atoms with Crippen molar-refractivity contribution in [1.82, 2.24) is 9.97 Å². The fraction of sp³-hybridized carbons (Fsp3) is 0.312. The van der Waals surface area contributed by atoms with Gasteiger partial charge in [0.25, 0.3) is 5.91 Å². The Bertz CT molecular complexity index is 640. The highest BCUT2D eigenvalue weighted by molar-refractivity contribution is 6.07. The highest BCUT2D eigenvalue weighted by atomic mass is 16.1. The van der Waals surface area contributed by atoms with Gasteiger partial charge in [0, 0.05) is 24.6 Å². The Labute approximate surface area is 124 Å². The monoisotopic (exact) mass is 284 g/mol. The molecule has 0 spiro atoms. The number of hydrogen-bond donors (Lipinski definition) is 2. The first-order chi connectivity index (χ1) is 10.1. The zero-order chi connectivity index (χ0) is 15.2. The van der Waals surface area contributed by atoms with Gasteiger partial charge >= 0.3 is 0 Å². The first-order valence-electron chi connectivity index (χ1n) is 7.04. The quantitative estimate of drug-likeness (QED) is 0.885. The highest BCUT2D eigenvalue weighted by Crippen LogP contribution is 2.17. The second-order valence-electron chi connectivity index (χ2n) is 4.97. The summed E-state index contributed by atoms with van der Waals surface area (Å²) in [5.74, 6) is 0.334. The lowest BCUT2D eigenvalue weighted by Crippen LogP contribution is -2.16. The third-order valence-corrected chi connectivity index (χ3v) is 3.01. The van der Waals surface area contributed by atoms with Crippen LogP contribution >= 0.6 is 0 Å². The van der Waals surface area contributed by atoms with Gasteiger partial charge < -0.3 is 10.6 Å². The number of amides is 1. The molecule has 2 rings (SSSR count). The van der Waals surface area contributed by atoms with Gasteiger partial charge in [0.1, 0.15) is 5.82 Å². The van der Waals surface area contributed by atoms with Crippen molar-refractivity contribution in [2.75, 3.05) is 17.2 Å². The summed E-state index contributed by atoms with van der Waals surface area (Å²) in [6.45, 7) is 6.75. The molecule has 21 heavy (non-hydrogen) atoms. The van der Waals surface area contributed by atoms with E-state index in [1.54, 1.807) is 12.4 Å². The smallest absolute Gasteiger partial charge is 0.260 e. The van der Waals surface area contributed by atoms with Crippen LogP contribution in [0.5, 0.6) is 0 Å². The summed E-state index contributed by atoms with van der Waals surface area (Å²) in [4.78, 5) is 20.7. The number of carbonyl (C=O) groups is 1. The number of nitrogens with zero attached hydrogens (tertiary/aromatic N) is 2. The van der Waals surface area contributed by atoms with Gasteiger partial charge in [-0.15, -0.1) is 0 Å². The molecule has 0 unspecified atom stereocenters. The average Bonchev–Trinajstić information content (AvgIpc) is 2.45. The van der Waals surface area contributed by atoms with Crippen molar-refractivity contribution in [1.29, 1.82) is 0 Å². The van der Waals surface area contributed by atoms with Crippen molar-refractivity contribution in [3.8, 4) is 0 Å². The van der Waals surface area contributed by atoms with Crippen LogP contribution in [-0.2, 0) is 0 Å². The molecule has 0 aliphatic heterocycles. The van der Waals surface area contributed by atoms with Crippen LogP contribution in [0.3, 0.4) is 0 Å². The van der Waals surface area contributed by atoms with Crippen LogP contribution in [0, 0.1) is 13.8 Å². The topological polar surface area (TPSA) is 66.9 Å². The lowest BCUT2D eigenvalue weighted by molar-refractivity contribution is 0.102. The van der Waals surface area contributed by atoms with Gasteiger partial charge in [-0.1, -0.05) is 6.92 Å². The molecule has 2 N–H and O–H groups in total. The molecule has 1 amide bonds. The summed E-state index contributed by atoms with van der Waals surface area (Å²) < 4.78 is 0. The van der Waals surface area contributed by atoms with Crippen LogP contribution in [0.15, 0.2) is 30.6 Å². The average molecular weight is 284 g/mol. The Kier molecular flexibility index (Phi) is 4.87. The minimum Gasteiger partial charge on any atom is -0.384 e. The predicted octanol–water partition coefficient (Wildman–Crippen LogP) is 3.17. The number of hydrogen-bond acceptors (Lipinski definition) is 4.